The molecule has 0 bridgehead atoms. The van der Waals surface area contributed by atoms with Crippen LogP contribution in [0, 0.1) is 6.92 Å². The van der Waals surface area contributed by atoms with Gasteiger partial charge < -0.3 is 30.7 Å². The SMILES string of the molecule is COc1nc(-c2cccc(-c3cccc(Nc4nc(C(F)(F)F)cc5cnn(C)c(=O)c45)c3C)c2Cl)cc2c1CCC2.O=C1NC2(CCNC2)CN1CCO. The van der Waals surface area contributed by atoms with Crippen LogP contribution < -0.4 is 26.2 Å². The number of ether oxygens (including phenoxy) is 1. The third-order valence-corrected chi connectivity index (χ3v) is 10.8. The fourth-order valence-electron chi connectivity index (χ4n) is 7.54. The molecule has 0 saturated carbocycles. The molecule has 1 spiro atoms. The van der Waals surface area contributed by atoms with Crippen molar-refractivity contribution in [2.75, 3.05) is 45.2 Å². The third-order valence-electron chi connectivity index (χ3n) is 10.4. The van der Waals surface area contributed by atoms with Crippen LogP contribution in [0.5, 0.6) is 5.88 Å². The van der Waals surface area contributed by atoms with Crippen LogP contribution in [-0.4, -0.2) is 81.2 Å². The minimum absolute atomic E-state index is 0.00182. The normalized spacial score (nSPS) is 17.7. The van der Waals surface area contributed by atoms with Crippen molar-refractivity contribution in [2.45, 2.75) is 44.3 Å². The van der Waals surface area contributed by atoms with Crippen LogP contribution in [0.2, 0.25) is 5.02 Å². The van der Waals surface area contributed by atoms with E-state index in [9.17, 15) is 22.8 Å². The number of alkyl halides is 3. The summed E-state index contributed by atoms with van der Waals surface area (Å²) in [7, 11) is 3.04. The molecule has 5 aromatic rings. The number of methoxy groups -OCH3 is 1. The predicted octanol–water partition coefficient (Wildman–Crippen LogP) is 6.02. The van der Waals surface area contributed by atoms with Gasteiger partial charge in [0.05, 0.1) is 41.6 Å². The first kappa shape index (κ1) is 38.0. The van der Waals surface area contributed by atoms with Crippen LogP contribution in [0.3, 0.4) is 0 Å². The molecule has 3 aliphatic rings. The van der Waals surface area contributed by atoms with Gasteiger partial charge in [-0.3, -0.25) is 4.79 Å². The van der Waals surface area contributed by atoms with Gasteiger partial charge in [0.2, 0.25) is 5.88 Å². The summed E-state index contributed by atoms with van der Waals surface area (Å²) in [5.74, 6) is 0.392. The second-order valence-electron chi connectivity index (χ2n) is 14.0. The van der Waals surface area contributed by atoms with E-state index in [-0.39, 0.29) is 34.8 Å². The first-order valence-electron chi connectivity index (χ1n) is 17.9. The van der Waals surface area contributed by atoms with Gasteiger partial charge in [0.15, 0.2) is 0 Å². The van der Waals surface area contributed by atoms with Crippen molar-refractivity contribution >= 4 is 39.9 Å². The lowest BCUT2D eigenvalue weighted by Gasteiger charge is -2.20. The van der Waals surface area contributed by atoms with E-state index in [1.54, 1.807) is 24.1 Å². The highest BCUT2D eigenvalue weighted by Gasteiger charge is 2.44. The van der Waals surface area contributed by atoms with Crippen molar-refractivity contribution in [3.63, 3.8) is 0 Å². The lowest BCUT2D eigenvalue weighted by atomic mass is 9.96. The molecule has 2 amide bonds. The molecule has 5 heterocycles. The first-order chi connectivity index (χ1) is 26.3. The minimum atomic E-state index is -4.72. The maximum Gasteiger partial charge on any atom is 0.433 e. The highest BCUT2D eigenvalue weighted by Crippen LogP contribution is 2.41. The van der Waals surface area contributed by atoms with Crippen molar-refractivity contribution in [2.24, 2.45) is 7.05 Å². The minimum Gasteiger partial charge on any atom is -0.481 e. The molecule has 12 nitrogen and oxygen atoms in total. The smallest absolute Gasteiger partial charge is 0.433 e. The van der Waals surface area contributed by atoms with Gasteiger partial charge in [-0.05, 0) is 74.0 Å². The number of aliphatic hydroxyl groups is 1. The summed E-state index contributed by atoms with van der Waals surface area (Å²) < 4.78 is 47.7. The standard InChI is InChI=1S/C31H25ClF3N5O2.C8H15N3O2/c1-16-19(21-10-5-11-22(27(21)32)24-13-17-7-4-9-20(17)29(38-24)42-3)8-6-12-23(16)37-28-26-18(15-36-40(2)30(26)41)14-25(39-28)31(33,34)35;12-4-3-11-6-8(10-7(11)13)1-2-9-5-8/h5-6,8,10-15H,4,7,9H2,1-3H3,(H,37,39);9,12H,1-6H2,(H,10,13). The van der Waals surface area contributed by atoms with Crippen LogP contribution in [0.1, 0.15) is 35.2 Å². The number of nitrogens with one attached hydrogen (secondary N) is 3. The number of aromatic nitrogens is 4. The molecule has 4 N–H and O–H groups in total. The van der Waals surface area contributed by atoms with Gasteiger partial charge in [0.1, 0.15) is 11.5 Å². The maximum absolute atomic E-state index is 13.7. The number of carbonyl (C=O) groups is 1. The number of nitrogens with zero attached hydrogens (tertiary/aromatic N) is 5. The highest BCUT2D eigenvalue weighted by molar-refractivity contribution is 6.36. The van der Waals surface area contributed by atoms with E-state index in [0.717, 1.165) is 78.3 Å². The number of amides is 2. The largest absolute Gasteiger partial charge is 0.481 e. The summed E-state index contributed by atoms with van der Waals surface area (Å²) in [4.78, 5) is 34.5. The molecule has 2 fully saturated rings. The number of anilines is 2. The Morgan fingerprint density at radius 2 is 1.84 bits per heavy atom. The third kappa shape index (κ3) is 7.43. The zero-order valence-electron chi connectivity index (χ0n) is 30.5. The van der Waals surface area contributed by atoms with Crippen LogP contribution in [-0.2, 0) is 26.1 Å². The number of fused-ring (bicyclic) bond motifs is 2. The molecule has 55 heavy (non-hydrogen) atoms. The van der Waals surface area contributed by atoms with Gasteiger partial charge in [0, 0.05) is 54.4 Å². The van der Waals surface area contributed by atoms with Crippen molar-refractivity contribution in [1.29, 1.82) is 0 Å². The number of aliphatic hydroxyl groups excluding tert-OH is 1. The molecule has 2 saturated heterocycles. The molecule has 2 aromatic carbocycles. The maximum atomic E-state index is 13.7. The molecular formula is C39H40ClF3N8O4. The second kappa shape index (κ2) is 15.1. The summed E-state index contributed by atoms with van der Waals surface area (Å²) in [6.07, 6.45) is 0.406. The lowest BCUT2D eigenvalue weighted by molar-refractivity contribution is -0.141. The lowest BCUT2D eigenvalue weighted by Crippen LogP contribution is -2.45. The number of β-amino-alcohol motifs (C(OH)–C–C–N with tert-alkyl or cyclic N) is 1. The summed E-state index contributed by atoms with van der Waals surface area (Å²) in [5.41, 5.74) is 4.65. The zero-order valence-corrected chi connectivity index (χ0v) is 31.2. The van der Waals surface area contributed by atoms with E-state index in [1.165, 1.54) is 18.8 Å². The van der Waals surface area contributed by atoms with Crippen molar-refractivity contribution < 1.29 is 27.8 Å². The Labute approximate surface area is 319 Å². The Morgan fingerprint density at radius 3 is 2.56 bits per heavy atom. The number of hydrogen-bond acceptors (Lipinski definition) is 9. The quantitative estimate of drug-likeness (QED) is 0.156. The fraction of sp³-hybridized carbons (Fsp3) is 0.359. The van der Waals surface area contributed by atoms with Gasteiger partial charge in [-0.1, -0.05) is 41.9 Å². The Morgan fingerprint density at radius 1 is 1.07 bits per heavy atom. The van der Waals surface area contributed by atoms with E-state index < -0.39 is 17.4 Å². The van der Waals surface area contributed by atoms with Crippen molar-refractivity contribution in [3.8, 4) is 28.3 Å². The number of carbonyl (C=O) groups excluding carboxylic acids is 1. The predicted molar refractivity (Wildman–Crippen MR) is 204 cm³/mol. The number of urea groups is 1. The van der Waals surface area contributed by atoms with Crippen LogP contribution >= 0.6 is 11.6 Å². The average Bonchev–Trinajstić information content (AvgIpc) is 3.90. The second-order valence-corrected chi connectivity index (χ2v) is 14.3. The van der Waals surface area contributed by atoms with E-state index in [4.69, 9.17) is 26.4 Å². The molecule has 1 aliphatic carbocycles. The molecule has 1 unspecified atom stereocenters. The molecule has 1 atom stereocenters. The molecule has 0 radical (unpaired) electrons. The van der Waals surface area contributed by atoms with E-state index in [2.05, 4.69) is 32.1 Å². The Kier molecular flexibility index (Phi) is 10.5. The van der Waals surface area contributed by atoms with Gasteiger partial charge in [-0.25, -0.2) is 19.4 Å². The van der Waals surface area contributed by atoms with Crippen LogP contribution in [0.4, 0.5) is 29.5 Å². The van der Waals surface area contributed by atoms with E-state index in [0.29, 0.717) is 34.4 Å². The number of pyridine rings is 2. The summed E-state index contributed by atoms with van der Waals surface area (Å²) >= 11 is 7.01. The summed E-state index contributed by atoms with van der Waals surface area (Å²) in [6, 6.07) is 13.8. The van der Waals surface area contributed by atoms with Crippen LogP contribution in [0.25, 0.3) is 33.2 Å². The van der Waals surface area contributed by atoms with Gasteiger partial charge in [-0.15, -0.1) is 0 Å². The van der Waals surface area contributed by atoms with Gasteiger partial charge in [0.25, 0.3) is 5.56 Å². The molecular weight excluding hydrogens is 737 g/mol. The molecule has 16 heteroatoms. The molecule has 288 valence electrons. The zero-order chi connectivity index (χ0) is 39.1. The van der Waals surface area contributed by atoms with Gasteiger partial charge >= 0.3 is 12.2 Å². The highest BCUT2D eigenvalue weighted by atomic mass is 35.5. The number of hydrogen-bond donors (Lipinski definition) is 4. The molecule has 3 aromatic heterocycles. The Balaban J connectivity index is 0.000000301. The number of halogens is 4. The fourth-order valence-corrected chi connectivity index (χ4v) is 7.86. The first-order valence-corrected chi connectivity index (χ1v) is 18.3. The van der Waals surface area contributed by atoms with Gasteiger partial charge in [-0.2, -0.15) is 18.3 Å². The molecule has 2 aliphatic heterocycles. The topological polar surface area (TPSA) is 147 Å². The number of benzene rings is 2. The molecule has 8 rings (SSSR count). The monoisotopic (exact) mass is 776 g/mol. The van der Waals surface area contributed by atoms with Crippen molar-refractivity contribution in [1.82, 2.24) is 35.3 Å². The Hall–Kier alpha value is -5.25. The summed E-state index contributed by atoms with van der Waals surface area (Å²) in [6.45, 7) is 4.84. The van der Waals surface area contributed by atoms with E-state index >= 15 is 0 Å². The average molecular weight is 777 g/mol. The number of rotatable bonds is 7. The number of aryl methyl sites for hydroxylation is 2. The van der Waals surface area contributed by atoms with E-state index in [1.807, 2.05) is 31.2 Å². The summed E-state index contributed by atoms with van der Waals surface area (Å²) in [5, 5.41) is 22.3. The van der Waals surface area contributed by atoms with Crippen molar-refractivity contribution in [3.05, 3.63) is 92.5 Å². The van der Waals surface area contributed by atoms with Crippen LogP contribution in [0.15, 0.2) is 59.5 Å². The Bertz CT molecular complexity index is 2350.